The minimum absolute atomic E-state index is 0.144. The number of para-hydroxylation sites is 1. The molecule has 1 N–H and O–H groups in total. The summed E-state index contributed by atoms with van der Waals surface area (Å²) in [5, 5.41) is 10.3. The van der Waals surface area contributed by atoms with Gasteiger partial charge >= 0.3 is 0 Å². The number of phenolic OH excluding ortho intramolecular Hbond substituents is 1. The van der Waals surface area contributed by atoms with Crippen LogP contribution in [0.15, 0.2) is 47.5 Å². The number of benzene rings is 2. The van der Waals surface area contributed by atoms with Gasteiger partial charge in [-0.1, -0.05) is 18.2 Å². The van der Waals surface area contributed by atoms with Crippen LogP contribution in [0.3, 0.4) is 0 Å². The predicted octanol–water partition coefficient (Wildman–Crippen LogP) is 4.06. The van der Waals surface area contributed by atoms with Gasteiger partial charge in [-0.05, 0) is 62.7 Å². The zero-order chi connectivity index (χ0) is 19.1. The average molecular weight is 368 g/mol. The van der Waals surface area contributed by atoms with Crippen molar-refractivity contribution in [2.24, 2.45) is 4.99 Å². The summed E-state index contributed by atoms with van der Waals surface area (Å²) in [6.07, 6.45) is 4.20. The van der Waals surface area contributed by atoms with Crippen LogP contribution in [0.4, 0.5) is 0 Å². The summed E-state index contributed by atoms with van der Waals surface area (Å²) in [5.74, 6) is 1.50. The van der Waals surface area contributed by atoms with Crippen molar-refractivity contribution in [2.45, 2.75) is 25.8 Å². The van der Waals surface area contributed by atoms with Crippen molar-refractivity contribution in [1.82, 2.24) is 4.90 Å². The fraction of sp³-hybridized carbons (Fsp3) is 0.409. The molecule has 5 nitrogen and oxygen atoms in total. The van der Waals surface area contributed by atoms with E-state index in [1.54, 1.807) is 19.4 Å². The summed E-state index contributed by atoms with van der Waals surface area (Å²) >= 11 is 0. The Hall–Kier alpha value is -2.53. The molecule has 0 radical (unpaired) electrons. The highest BCUT2D eigenvalue weighted by Crippen LogP contribution is 2.30. The Balaban J connectivity index is 1.76. The predicted molar refractivity (Wildman–Crippen MR) is 108 cm³/mol. The molecular weight excluding hydrogens is 340 g/mol. The van der Waals surface area contributed by atoms with Gasteiger partial charge in [0.25, 0.3) is 0 Å². The SMILES string of the molecule is CCOc1cccc(C=NC[C@@H](c2ccc(OC)cc2)N2CCCC2)c1O. The number of rotatable bonds is 8. The smallest absolute Gasteiger partial charge is 0.166 e. The minimum Gasteiger partial charge on any atom is -0.504 e. The summed E-state index contributed by atoms with van der Waals surface area (Å²) in [6, 6.07) is 13.9. The topological polar surface area (TPSA) is 54.3 Å². The molecule has 0 bridgehead atoms. The van der Waals surface area contributed by atoms with Crippen molar-refractivity contribution >= 4 is 6.21 Å². The third kappa shape index (κ3) is 4.80. The highest BCUT2D eigenvalue weighted by atomic mass is 16.5. The number of methoxy groups -OCH3 is 1. The third-order valence-electron chi connectivity index (χ3n) is 4.92. The van der Waals surface area contributed by atoms with Crippen LogP contribution in [-0.2, 0) is 0 Å². The molecule has 27 heavy (non-hydrogen) atoms. The maximum absolute atomic E-state index is 10.3. The average Bonchev–Trinajstić information content (AvgIpc) is 3.23. The number of hydrogen-bond acceptors (Lipinski definition) is 5. The molecule has 1 fully saturated rings. The fourth-order valence-corrected chi connectivity index (χ4v) is 3.48. The molecule has 2 aromatic rings. The first-order chi connectivity index (χ1) is 13.2. The molecule has 0 unspecified atom stereocenters. The largest absolute Gasteiger partial charge is 0.504 e. The molecule has 1 heterocycles. The van der Waals surface area contributed by atoms with Crippen LogP contribution >= 0.6 is 0 Å². The zero-order valence-electron chi connectivity index (χ0n) is 16.1. The summed E-state index contributed by atoms with van der Waals surface area (Å²) in [6.45, 7) is 5.25. The lowest BCUT2D eigenvalue weighted by atomic mass is 10.1. The van der Waals surface area contributed by atoms with Gasteiger partial charge in [0.15, 0.2) is 11.5 Å². The Morgan fingerprint density at radius 2 is 1.89 bits per heavy atom. The first-order valence-corrected chi connectivity index (χ1v) is 9.55. The lowest BCUT2D eigenvalue weighted by Crippen LogP contribution is -2.27. The van der Waals surface area contributed by atoms with E-state index in [4.69, 9.17) is 9.47 Å². The van der Waals surface area contributed by atoms with E-state index in [0.29, 0.717) is 24.5 Å². The summed E-state index contributed by atoms with van der Waals surface area (Å²) in [5.41, 5.74) is 1.91. The monoisotopic (exact) mass is 368 g/mol. The first-order valence-electron chi connectivity index (χ1n) is 9.55. The van der Waals surface area contributed by atoms with E-state index in [-0.39, 0.29) is 11.8 Å². The first kappa shape index (κ1) is 19.2. The second kappa shape index (κ2) is 9.42. The number of nitrogens with zero attached hydrogens (tertiary/aromatic N) is 2. The maximum atomic E-state index is 10.3. The van der Waals surface area contributed by atoms with Crippen LogP contribution in [0.1, 0.15) is 36.9 Å². The Morgan fingerprint density at radius 3 is 2.56 bits per heavy atom. The molecule has 0 amide bonds. The van der Waals surface area contributed by atoms with Crippen LogP contribution in [0, 0.1) is 0 Å². The van der Waals surface area contributed by atoms with Gasteiger partial charge in [0, 0.05) is 11.8 Å². The quantitative estimate of drug-likeness (QED) is 0.714. The molecule has 0 spiro atoms. The number of hydrogen-bond donors (Lipinski definition) is 1. The van der Waals surface area contributed by atoms with E-state index in [1.165, 1.54) is 18.4 Å². The zero-order valence-corrected chi connectivity index (χ0v) is 16.1. The number of ether oxygens (including phenoxy) is 2. The Bertz CT molecular complexity index is 753. The van der Waals surface area contributed by atoms with Crippen molar-refractivity contribution in [2.75, 3.05) is 33.4 Å². The van der Waals surface area contributed by atoms with Gasteiger partial charge in [-0.2, -0.15) is 0 Å². The highest BCUT2D eigenvalue weighted by Gasteiger charge is 2.23. The van der Waals surface area contributed by atoms with Crippen LogP contribution in [0.25, 0.3) is 0 Å². The second-order valence-corrected chi connectivity index (χ2v) is 6.65. The van der Waals surface area contributed by atoms with Gasteiger partial charge in [0.05, 0.1) is 26.3 Å². The molecule has 2 aromatic carbocycles. The van der Waals surface area contributed by atoms with E-state index in [1.807, 2.05) is 31.2 Å². The molecule has 0 aromatic heterocycles. The molecule has 1 saturated heterocycles. The van der Waals surface area contributed by atoms with Gasteiger partial charge < -0.3 is 14.6 Å². The van der Waals surface area contributed by atoms with Gasteiger partial charge in [0.1, 0.15) is 5.75 Å². The van der Waals surface area contributed by atoms with Crippen molar-refractivity contribution in [1.29, 1.82) is 0 Å². The van der Waals surface area contributed by atoms with E-state index in [0.717, 1.165) is 18.8 Å². The van der Waals surface area contributed by atoms with Crippen LogP contribution in [0.5, 0.6) is 17.2 Å². The van der Waals surface area contributed by atoms with E-state index in [9.17, 15) is 5.11 Å². The van der Waals surface area contributed by atoms with Crippen LogP contribution < -0.4 is 9.47 Å². The summed E-state index contributed by atoms with van der Waals surface area (Å²) in [4.78, 5) is 7.14. The fourth-order valence-electron chi connectivity index (χ4n) is 3.48. The molecule has 1 atom stereocenters. The second-order valence-electron chi connectivity index (χ2n) is 6.65. The number of phenols is 1. The number of aliphatic imine (C=N–C) groups is 1. The lowest BCUT2D eigenvalue weighted by molar-refractivity contribution is 0.252. The number of aromatic hydroxyl groups is 1. The van der Waals surface area contributed by atoms with Crippen molar-refractivity contribution in [3.8, 4) is 17.2 Å². The standard InChI is InChI=1S/C22H28N2O3/c1-3-27-21-8-6-7-18(22(21)25)15-23-16-20(24-13-4-5-14-24)17-9-11-19(26-2)12-10-17/h6-12,15,20,25H,3-5,13-14,16H2,1-2H3/t20-/m0/s1. The number of likely N-dealkylation sites (tertiary alicyclic amines) is 1. The Kier molecular flexibility index (Phi) is 6.71. The van der Waals surface area contributed by atoms with Gasteiger partial charge in [0.2, 0.25) is 0 Å². The Labute approximate surface area is 161 Å². The van der Waals surface area contributed by atoms with Crippen LogP contribution in [0.2, 0.25) is 0 Å². The van der Waals surface area contributed by atoms with E-state index >= 15 is 0 Å². The normalized spacial score (nSPS) is 15.9. The van der Waals surface area contributed by atoms with E-state index < -0.39 is 0 Å². The lowest BCUT2D eigenvalue weighted by Gasteiger charge is -2.26. The van der Waals surface area contributed by atoms with E-state index in [2.05, 4.69) is 22.0 Å². The van der Waals surface area contributed by atoms with Gasteiger partial charge in [-0.3, -0.25) is 9.89 Å². The van der Waals surface area contributed by atoms with Crippen molar-refractivity contribution in [3.63, 3.8) is 0 Å². The third-order valence-corrected chi connectivity index (χ3v) is 4.92. The minimum atomic E-state index is 0.144. The van der Waals surface area contributed by atoms with Crippen molar-refractivity contribution in [3.05, 3.63) is 53.6 Å². The molecular formula is C22H28N2O3. The molecule has 1 aliphatic heterocycles. The molecule has 144 valence electrons. The summed E-state index contributed by atoms with van der Waals surface area (Å²) < 4.78 is 10.7. The van der Waals surface area contributed by atoms with Crippen LogP contribution in [-0.4, -0.2) is 49.6 Å². The molecule has 0 saturated carbocycles. The van der Waals surface area contributed by atoms with Crippen molar-refractivity contribution < 1.29 is 14.6 Å². The highest BCUT2D eigenvalue weighted by molar-refractivity contribution is 5.84. The molecule has 0 aliphatic carbocycles. The van der Waals surface area contributed by atoms with Gasteiger partial charge in [-0.25, -0.2) is 0 Å². The van der Waals surface area contributed by atoms with Gasteiger partial charge in [-0.15, -0.1) is 0 Å². The maximum Gasteiger partial charge on any atom is 0.166 e. The summed E-state index contributed by atoms with van der Waals surface area (Å²) in [7, 11) is 1.68. The molecule has 3 rings (SSSR count). The Morgan fingerprint density at radius 1 is 1.15 bits per heavy atom. The molecule has 1 aliphatic rings. The molecule has 5 heteroatoms.